The summed E-state index contributed by atoms with van der Waals surface area (Å²) in [6, 6.07) is -0.961. The van der Waals surface area contributed by atoms with Crippen molar-refractivity contribution in [1.82, 2.24) is 10.6 Å². The minimum Gasteiger partial charge on any atom is -0.480 e. The molecule has 0 unspecified atom stereocenters. The second-order valence-electron chi connectivity index (χ2n) is 12.0. The van der Waals surface area contributed by atoms with Crippen LogP contribution in [0.3, 0.4) is 0 Å². The number of aliphatic hydroxyl groups is 1. The third-order valence-electron chi connectivity index (χ3n) is 6.76. The third kappa shape index (κ3) is 11.7. The van der Waals surface area contributed by atoms with Gasteiger partial charge in [0.05, 0.1) is 18.8 Å². The highest BCUT2D eigenvalue weighted by molar-refractivity contribution is 5.80. The molecule has 0 saturated heterocycles. The van der Waals surface area contributed by atoms with E-state index in [9.17, 15) is 19.5 Å². The van der Waals surface area contributed by atoms with E-state index in [1.807, 2.05) is 6.92 Å². The fourth-order valence-electron chi connectivity index (χ4n) is 3.96. The first kappa shape index (κ1) is 32.7. The number of amides is 2. The van der Waals surface area contributed by atoms with Gasteiger partial charge >= 0.3 is 18.2 Å². The van der Waals surface area contributed by atoms with Crippen LogP contribution in [0.1, 0.15) is 87.0 Å². The van der Waals surface area contributed by atoms with Crippen molar-refractivity contribution in [3.05, 3.63) is 12.7 Å². The van der Waals surface area contributed by atoms with Crippen molar-refractivity contribution in [2.24, 2.45) is 10.8 Å². The number of carboxylic acids is 1. The molecular formula is C27H48N2O8. The zero-order valence-corrected chi connectivity index (χ0v) is 23.5. The number of carboxylic acid groups (broad SMARTS) is 1. The number of carbonyl (C=O) groups is 3. The van der Waals surface area contributed by atoms with E-state index in [2.05, 4.69) is 38.0 Å². The largest absolute Gasteiger partial charge is 0.480 e. The Morgan fingerprint density at radius 2 is 1.41 bits per heavy atom. The van der Waals surface area contributed by atoms with Gasteiger partial charge in [0.1, 0.15) is 18.2 Å². The molecular weight excluding hydrogens is 480 g/mol. The number of aliphatic carboxylic acids is 1. The number of hydrogen-bond acceptors (Lipinski definition) is 7. The molecule has 2 amide bonds. The molecule has 0 aromatic carbocycles. The zero-order chi connectivity index (χ0) is 28.4. The van der Waals surface area contributed by atoms with E-state index in [1.54, 1.807) is 26.8 Å². The Hall–Kier alpha value is -2.33. The minimum atomic E-state index is -1.11. The molecule has 0 aromatic heterocycles. The smallest absolute Gasteiger partial charge is 0.408 e. The highest BCUT2D eigenvalue weighted by Gasteiger charge is 2.35. The van der Waals surface area contributed by atoms with Crippen molar-refractivity contribution < 1.29 is 38.8 Å². The minimum absolute atomic E-state index is 0.00805. The number of carbonyl (C=O) groups excluding carboxylic acids is 2. The average molecular weight is 529 g/mol. The number of ether oxygens (including phenoxy) is 3. The Morgan fingerprint density at radius 3 is 1.89 bits per heavy atom. The molecule has 2 fully saturated rings. The topological polar surface area (TPSA) is 143 Å². The molecule has 0 spiro atoms. The van der Waals surface area contributed by atoms with Gasteiger partial charge in [0.25, 0.3) is 0 Å². The lowest BCUT2D eigenvalue weighted by molar-refractivity contribution is -0.142. The van der Waals surface area contributed by atoms with Gasteiger partial charge in [0.15, 0.2) is 0 Å². The summed E-state index contributed by atoms with van der Waals surface area (Å²) in [6.07, 6.45) is 4.17. The summed E-state index contributed by atoms with van der Waals surface area (Å²) in [5.41, 5.74) is -0.591. The molecule has 10 heteroatoms. The summed E-state index contributed by atoms with van der Waals surface area (Å²) < 4.78 is 16.1. The van der Waals surface area contributed by atoms with Gasteiger partial charge in [-0.25, -0.2) is 14.4 Å². The molecule has 0 radical (unpaired) electrons. The predicted molar refractivity (Wildman–Crippen MR) is 140 cm³/mol. The van der Waals surface area contributed by atoms with Gasteiger partial charge in [-0.15, -0.1) is 6.58 Å². The average Bonchev–Trinajstić information content (AvgIpc) is 3.37. The summed E-state index contributed by atoms with van der Waals surface area (Å²) in [6.45, 7) is 17.5. The summed E-state index contributed by atoms with van der Waals surface area (Å²) in [5.74, 6) is -1.11. The van der Waals surface area contributed by atoms with Crippen molar-refractivity contribution in [3.8, 4) is 0 Å². The van der Waals surface area contributed by atoms with Gasteiger partial charge in [0.2, 0.25) is 0 Å². The first-order chi connectivity index (χ1) is 17.1. The van der Waals surface area contributed by atoms with Crippen LogP contribution >= 0.6 is 0 Å². The molecule has 0 heterocycles. The van der Waals surface area contributed by atoms with E-state index in [0.717, 1.165) is 25.7 Å². The first-order valence-corrected chi connectivity index (χ1v) is 13.1. The Bertz CT molecular complexity index is 758. The summed E-state index contributed by atoms with van der Waals surface area (Å²) in [4.78, 5) is 34.5. The molecule has 0 aliphatic heterocycles. The molecule has 4 N–H and O–H groups in total. The number of hydrogen-bond donors (Lipinski definition) is 4. The Balaban J connectivity index is 0.000000371. The van der Waals surface area contributed by atoms with Crippen LogP contribution < -0.4 is 10.6 Å². The molecule has 2 rings (SSSR count). The molecule has 2 aliphatic rings. The first-order valence-electron chi connectivity index (χ1n) is 13.1. The maximum absolute atomic E-state index is 11.9. The molecule has 37 heavy (non-hydrogen) atoms. The summed E-state index contributed by atoms with van der Waals surface area (Å²) in [7, 11) is 0. The third-order valence-corrected chi connectivity index (χ3v) is 6.76. The normalized spacial score (nSPS) is 25.2. The van der Waals surface area contributed by atoms with Crippen molar-refractivity contribution >= 4 is 18.2 Å². The van der Waals surface area contributed by atoms with E-state index in [-0.39, 0.29) is 29.8 Å². The molecule has 6 atom stereocenters. The molecule has 2 aliphatic carbocycles. The van der Waals surface area contributed by atoms with E-state index >= 15 is 0 Å². The molecule has 0 bridgehead atoms. The van der Waals surface area contributed by atoms with Gasteiger partial charge < -0.3 is 35.1 Å². The fourth-order valence-corrected chi connectivity index (χ4v) is 3.96. The lowest BCUT2D eigenvalue weighted by Gasteiger charge is -2.29. The second-order valence-corrected chi connectivity index (χ2v) is 12.0. The maximum atomic E-state index is 11.9. The van der Waals surface area contributed by atoms with Crippen LogP contribution in [-0.2, 0) is 19.0 Å². The van der Waals surface area contributed by atoms with Crippen LogP contribution in [0.4, 0.5) is 9.59 Å². The number of nitrogens with one attached hydrogen (secondary N) is 2. The lowest BCUT2D eigenvalue weighted by Crippen LogP contribution is -2.50. The fraction of sp³-hybridized carbons (Fsp3) is 0.815. The quantitative estimate of drug-likeness (QED) is 0.340. The van der Waals surface area contributed by atoms with E-state index in [4.69, 9.17) is 19.3 Å². The summed E-state index contributed by atoms with van der Waals surface area (Å²) in [5, 5.41) is 23.8. The lowest BCUT2D eigenvalue weighted by atomic mass is 9.87. The maximum Gasteiger partial charge on any atom is 0.408 e. The molecule has 2 saturated carbocycles. The van der Waals surface area contributed by atoms with Crippen LogP contribution in [0.2, 0.25) is 0 Å². The Morgan fingerprint density at radius 1 is 0.892 bits per heavy atom. The van der Waals surface area contributed by atoms with Crippen molar-refractivity contribution in [2.45, 2.75) is 123 Å². The van der Waals surface area contributed by atoms with E-state index in [1.165, 1.54) is 0 Å². The Labute approximate surface area is 221 Å². The van der Waals surface area contributed by atoms with Gasteiger partial charge in [-0.3, -0.25) is 0 Å². The number of rotatable bonds is 8. The van der Waals surface area contributed by atoms with Crippen LogP contribution in [0.5, 0.6) is 0 Å². The molecule has 10 nitrogen and oxygen atoms in total. The van der Waals surface area contributed by atoms with Gasteiger partial charge in [-0.2, -0.15) is 0 Å². The zero-order valence-electron chi connectivity index (χ0n) is 23.5. The Kier molecular flexibility index (Phi) is 12.9. The molecule has 214 valence electrons. The van der Waals surface area contributed by atoms with E-state index in [0.29, 0.717) is 19.4 Å². The monoisotopic (exact) mass is 528 g/mol. The standard InChI is InChI=1S/C15H27NO3.C12H21NO5/c1-6-10-18-12-8-7-9-13(12)19-14(17)16-11(2)15(3,4)5;1-12(2,3)9(10(15)16)13-11(17)18-8-6-4-5-7(8)14/h6,11-13H,1,7-10H2,2-5H3,(H,16,17);7-9,14H,4-6H2,1-3H3,(H,13,17)(H,15,16)/t11-,12-,13-;7-,8-,9-/m11/s1. The van der Waals surface area contributed by atoms with Crippen LogP contribution in [-0.4, -0.2) is 71.5 Å². The van der Waals surface area contributed by atoms with Gasteiger partial charge in [0, 0.05) is 6.04 Å². The van der Waals surface area contributed by atoms with Gasteiger partial charge in [-0.1, -0.05) is 47.6 Å². The number of alkyl carbamates (subject to hydrolysis) is 2. The van der Waals surface area contributed by atoms with Crippen molar-refractivity contribution in [1.29, 1.82) is 0 Å². The predicted octanol–water partition coefficient (Wildman–Crippen LogP) is 4.40. The van der Waals surface area contributed by atoms with Crippen LogP contribution in [0, 0.1) is 10.8 Å². The van der Waals surface area contributed by atoms with E-state index < -0.39 is 35.7 Å². The highest BCUT2D eigenvalue weighted by atomic mass is 16.6. The number of aliphatic hydroxyl groups excluding tert-OH is 1. The highest BCUT2D eigenvalue weighted by Crippen LogP contribution is 2.26. The van der Waals surface area contributed by atoms with Gasteiger partial charge in [-0.05, 0) is 56.3 Å². The second kappa shape index (κ2) is 14.6. The summed E-state index contributed by atoms with van der Waals surface area (Å²) >= 11 is 0. The molecule has 0 aromatic rings. The SMILES string of the molecule is C=CCO[C@@H]1CCC[C@H]1OC(=O)N[C@H](C)C(C)(C)C.CC(C)(C)[C@H](NC(=O)O[C@@H]1CCC[C@H]1O)C(=O)O. The van der Waals surface area contributed by atoms with Crippen molar-refractivity contribution in [2.75, 3.05) is 6.61 Å². The van der Waals surface area contributed by atoms with Crippen LogP contribution in [0.25, 0.3) is 0 Å². The van der Waals surface area contributed by atoms with Crippen LogP contribution in [0.15, 0.2) is 12.7 Å². The van der Waals surface area contributed by atoms with Crippen molar-refractivity contribution in [3.63, 3.8) is 0 Å².